The molecule has 1 fully saturated rings. The van der Waals surface area contributed by atoms with Crippen LogP contribution >= 0.6 is 24.0 Å². The summed E-state index contributed by atoms with van der Waals surface area (Å²) >= 11 is 6.14. The Labute approximate surface area is 123 Å². The third kappa shape index (κ3) is 3.11. The van der Waals surface area contributed by atoms with Gasteiger partial charge in [0, 0.05) is 23.2 Å². The van der Waals surface area contributed by atoms with Crippen molar-refractivity contribution in [2.45, 2.75) is 18.9 Å². The third-order valence-electron chi connectivity index (χ3n) is 3.29. The Morgan fingerprint density at radius 3 is 2.74 bits per heavy atom. The molecule has 0 amide bonds. The van der Waals surface area contributed by atoms with Gasteiger partial charge in [-0.1, -0.05) is 23.7 Å². The van der Waals surface area contributed by atoms with Gasteiger partial charge in [0.1, 0.15) is 11.9 Å². The second-order valence-corrected chi connectivity index (χ2v) is 4.95. The molecule has 0 aliphatic carbocycles. The first-order chi connectivity index (χ1) is 8.84. The van der Waals surface area contributed by atoms with Gasteiger partial charge in [-0.3, -0.25) is 4.98 Å². The highest BCUT2D eigenvalue weighted by molar-refractivity contribution is 6.35. The molecule has 2 heterocycles. The lowest BCUT2D eigenvalue weighted by Crippen LogP contribution is -2.34. The summed E-state index contributed by atoms with van der Waals surface area (Å²) in [5.41, 5.74) is 0. The quantitative estimate of drug-likeness (QED) is 0.922. The van der Waals surface area contributed by atoms with Crippen LogP contribution in [0.3, 0.4) is 0 Å². The summed E-state index contributed by atoms with van der Waals surface area (Å²) in [5.74, 6) is 0.884. The van der Waals surface area contributed by atoms with E-state index < -0.39 is 0 Å². The van der Waals surface area contributed by atoms with Crippen LogP contribution in [0.1, 0.15) is 12.8 Å². The molecule has 19 heavy (non-hydrogen) atoms. The van der Waals surface area contributed by atoms with Crippen LogP contribution in [0.25, 0.3) is 10.8 Å². The topological polar surface area (TPSA) is 34.1 Å². The zero-order valence-electron chi connectivity index (χ0n) is 10.4. The Morgan fingerprint density at radius 2 is 1.95 bits per heavy atom. The molecule has 3 nitrogen and oxygen atoms in total. The first-order valence-electron chi connectivity index (χ1n) is 6.24. The summed E-state index contributed by atoms with van der Waals surface area (Å²) in [7, 11) is 0. The number of piperidine rings is 1. The van der Waals surface area contributed by atoms with Gasteiger partial charge in [-0.05, 0) is 32.0 Å². The van der Waals surface area contributed by atoms with Gasteiger partial charge in [-0.25, -0.2) is 0 Å². The Kier molecular flexibility index (Phi) is 4.86. The fourth-order valence-corrected chi connectivity index (χ4v) is 2.55. The van der Waals surface area contributed by atoms with Crippen LogP contribution in [0.4, 0.5) is 0 Å². The van der Waals surface area contributed by atoms with Crippen molar-refractivity contribution in [1.29, 1.82) is 0 Å². The van der Waals surface area contributed by atoms with Crippen molar-refractivity contribution < 1.29 is 4.74 Å². The molecular formula is C14H16Cl2N2O. The number of aromatic nitrogens is 1. The van der Waals surface area contributed by atoms with Gasteiger partial charge in [-0.15, -0.1) is 12.4 Å². The van der Waals surface area contributed by atoms with Crippen LogP contribution in [0.15, 0.2) is 30.6 Å². The lowest BCUT2D eigenvalue weighted by molar-refractivity contribution is 0.164. The minimum atomic E-state index is 0. The van der Waals surface area contributed by atoms with E-state index in [0.29, 0.717) is 5.02 Å². The number of benzene rings is 1. The summed E-state index contributed by atoms with van der Waals surface area (Å²) in [6.07, 6.45) is 5.86. The highest BCUT2D eigenvalue weighted by Crippen LogP contribution is 2.30. The Morgan fingerprint density at radius 1 is 1.16 bits per heavy atom. The highest BCUT2D eigenvalue weighted by Gasteiger charge is 2.15. The van der Waals surface area contributed by atoms with Gasteiger partial charge in [0.25, 0.3) is 0 Å². The highest BCUT2D eigenvalue weighted by atomic mass is 35.5. The van der Waals surface area contributed by atoms with Crippen LogP contribution in [0.2, 0.25) is 5.02 Å². The number of ether oxygens (including phenoxy) is 1. The maximum Gasteiger partial charge on any atom is 0.129 e. The Balaban J connectivity index is 0.00000133. The fraction of sp³-hybridized carbons (Fsp3) is 0.357. The van der Waals surface area contributed by atoms with E-state index in [1.54, 1.807) is 6.20 Å². The first-order valence-corrected chi connectivity index (χ1v) is 6.62. The summed E-state index contributed by atoms with van der Waals surface area (Å²) in [6, 6.07) is 5.96. The van der Waals surface area contributed by atoms with Crippen LogP contribution in [0.5, 0.6) is 5.75 Å². The van der Waals surface area contributed by atoms with E-state index in [2.05, 4.69) is 10.3 Å². The maximum atomic E-state index is 6.14. The van der Waals surface area contributed by atoms with Gasteiger partial charge in [0.2, 0.25) is 0 Å². The van der Waals surface area contributed by atoms with Crippen LogP contribution in [-0.2, 0) is 0 Å². The SMILES string of the molecule is Cl.Clc1cncc2c(OC3CCNCC3)cccc12. The van der Waals surface area contributed by atoms with Crippen molar-refractivity contribution in [3.63, 3.8) is 0 Å². The number of nitrogens with zero attached hydrogens (tertiary/aromatic N) is 1. The van der Waals surface area contributed by atoms with Gasteiger partial charge >= 0.3 is 0 Å². The lowest BCUT2D eigenvalue weighted by Gasteiger charge is -2.24. The second kappa shape index (κ2) is 6.42. The minimum absolute atomic E-state index is 0. The summed E-state index contributed by atoms with van der Waals surface area (Å²) in [6.45, 7) is 2.04. The number of pyridine rings is 1. The molecule has 0 bridgehead atoms. The largest absolute Gasteiger partial charge is 0.490 e. The molecule has 5 heteroatoms. The maximum absolute atomic E-state index is 6.14. The molecule has 102 valence electrons. The minimum Gasteiger partial charge on any atom is -0.490 e. The Bertz CT molecular complexity index is 556. The number of hydrogen-bond acceptors (Lipinski definition) is 3. The number of hydrogen-bond donors (Lipinski definition) is 1. The number of rotatable bonds is 2. The van der Waals surface area contributed by atoms with E-state index in [0.717, 1.165) is 42.5 Å². The Hall–Kier alpha value is -1.03. The van der Waals surface area contributed by atoms with Crippen LogP contribution < -0.4 is 10.1 Å². The second-order valence-electron chi connectivity index (χ2n) is 4.54. The molecule has 1 aliphatic rings. The monoisotopic (exact) mass is 298 g/mol. The summed E-state index contributed by atoms with van der Waals surface area (Å²) < 4.78 is 6.08. The van der Waals surface area contributed by atoms with Crippen molar-refractivity contribution in [3.05, 3.63) is 35.6 Å². The predicted molar refractivity (Wildman–Crippen MR) is 80.5 cm³/mol. The molecule has 0 unspecified atom stereocenters. The normalized spacial score (nSPS) is 16.1. The molecular weight excluding hydrogens is 283 g/mol. The molecule has 1 aliphatic heterocycles. The smallest absolute Gasteiger partial charge is 0.129 e. The van der Waals surface area contributed by atoms with E-state index in [1.807, 2.05) is 24.4 Å². The van der Waals surface area contributed by atoms with Gasteiger partial charge < -0.3 is 10.1 Å². The third-order valence-corrected chi connectivity index (χ3v) is 3.60. The van der Waals surface area contributed by atoms with E-state index in [9.17, 15) is 0 Å². The van der Waals surface area contributed by atoms with Crippen molar-refractivity contribution in [1.82, 2.24) is 10.3 Å². The average molecular weight is 299 g/mol. The summed E-state index contributed by atoms with van der Waals surface area (Å²) in [5, 5.41) is 5.99. The molecule has 2 aromatic rings. The zero-order valence-corrected chi connectivity index (χ0v) is 12.0. The molecule has 0 spiro atoms. The predicted octanol–water partition coefficient (Wildman–Crippen LogP) is 3.44. The van der Waals surface area contributed by atoms with E-state index in [4.69, 9.17) is 16.3 Å². The standard InChI is InChI=1S/C14H15ClN2O.ClH/c15-13-9-17-8-12-11(13)2-1-3-14(12)18-10-4-6-16-7-5-10;/h1-3,8-10,16H,4-7H2;1H. The molecule has 0 saturated carbocycles. The van der Waals surface area contributed by atoms with Crippen molar-refractivity contribution in [2.24, 2.45) is 0 Å². The molecule has 3 rings (SSSR count). The lowest BCUT2D eigenvalue weighted by atomic mass is 10.1. The molecule has 0 radical (unpaired) electrons. The summed E-state index contributed by atoms with van der Waals surface area (Å²) in [4.78, 5) is 4.14. The van der Waals surface area contributed by atoms with Crippen molar-refractivity contribution >= 4 is 34.8 Å². The van der Waals surface area contributed by atoms with Gasteiger partial charge in [0.15, 0.2) is 0 Å². The molecule has 1 N–H and O–H groups in total. The molecule has 0 atom stereocenters. The first kappa shape index (κ1) is 14.4. The average Bonchev–Trinajstić information content (AvgIpc) is 2.41. The number of fused-ring (bicyclic) bond motifs is 1. The molecule has 1 aromatic heterocycles. The van der Waals surface area contributed by atoms with Gasteiger partial charge in [-0.2, -0.15) is 0 Å². The fourth-order valence-electron chi connectivity index (χ4n) is 2.33. The molecule has 1 saturated heterocycles. The van der Waals surface area contributed by atoms with E-state index in [1.165, 1.54) is 0 Å². The van der Waals surface area contributed by atoms with Crippen LogP contribution in [0, 0.1) is 0 Å². The zero-order chi connectivity index (χ0) is 12.4. The van der Waals surface area contributed by atoms with Crippen molar-refractivity contribution in [2.75, 3.05) is 13.1 Å². The van der Waals surface area contributed by atoms with E-state index >= 15 is 0 Å². The van der Waals surface area contributed by atoms with Crippen molar-refractivity contribution in [3.8, 4) is 5.75 Å². The molecule has 1 aromatic carbocycles. The number of nitrogens with one attached hydrogen (secondary N) is 1. The number of halogens is 2. The van der Waals surface area contributed by atoms with Crippen LogP contribution in [-0.4, -0.2) is 24.2 Å². The van der Waals surface area contributed by atoms with Gasteiger partial charge in [0.05, 0.1) is 5.02 Å². The van der Waals surface area contributed by atoms with E-state index in [-0.39, 0.29) is 18.5 Å².